The van der Waals surface area contributed by atoms with Crippen LogP contribution >= 0.6 is 20.8 Å². The Morgan fingerprint density at radius 2 is 0.960 bits per heavy atom. The summed E-state index contributed by atoms with van der Waals surface area (Å²) in [6.07, 6.45) is 1.04. The van der Waals surface area contributed by atoms with E-state index >= 15 is 0 Å². The van der Waals surface area contributed by atoms with Gasteiger partial charge in [0.25, 0.3) is 0 Å². The molecule has 0 aliphatic heterocycles. The zero-order chi connectivity index (χ0) is 18.1. The molecule has 0 spiro atoms. The summed E-state index contributed by atoms with van der Waals surface area (Å²) in [4.78, 5) is 0. The summed E-state index contributed by atoms with van der Waals surface area (Å²) < 4.78 is 0. The number of aryl methyl sites for hydroxylation is 3. The van der Waals surface area contributed by atoms with Gasteiger partial charge in [0.15, 0.2) is 0 Å². The van der Waals surface area contributed by atoms with E-state index in [0.717, 1.165) is 6.16 Å². The first-order valence-electron chi connectivity index (χ1n) is 8.83. The third-order valence-electron chi connectivity index (χ3n) is 5.21. The molecule has 0 heterocycles. The molecule has 0 saturated heterocycles. The monoisotopic (exact) mass is 412 g/mol. The molecule has 0 bridgehead atoms. The number of halogens is 1. The van der Waals surface area contributed by atoms with Gasteiger partial charge in [-0.1, -0.05) is 0 Å². The molecule has 3 aromatic carbocycles. The van der Waals surface area contributed by atoms with Crippen molar-refractivity contribution >= 4 is 36.7 Å². The molecule has 0 amide bonds. The molecule has 0 unspecified atom stereocenters. The molecule has 0 aromatic heterocycles. The summed E-state index contributed by atoms with van der Waals surface area (Å²) in [5, 5.41) is 1.53. The molecule has 0 saturated carbocycles. The van der Waals surface area contributed by atoms with Crippen molar-refractivity contribution in [3.05, 3.63) is 89.5 Å². The third-order valence-corrected chi connectivity index (χ3v) is 15.7. The quantitative estimate of drug-likeness (QED) is 0.477. The van der Waals surface area contributed by atoms with E-state index in [9.17, 15) is 0 Å². The van der Waals surface area contributed by atoms with Crippen molar-refractivity contribution < 1.29 is 0 Å². The van der Waals surface area contributed by atoms with Gasteiger partial charge in [0.2, 0.25) is 0 Å². The van der Waals surface area contributed by atoms with Gasteiger partial charge in [0.1, 0.15) is 0 Å². The van der Waals surface area contributed by atoms with Crippen LogP contribution in [0.25, 0.3) is 0 Å². The Hall–Kier alpha value is -1.43. The van der Waals surface area contributed by atoms with Crippen LogP contribution in [0.5, 0.6) is 0 Å². The van der Waals surface area contributed by atoms with E-state index in [4.69, 9.17) is 0 Å². The molecule has 2 heteroatoms. The Bertz CT molecular complexity index is 800. The maximum absolute atomic E-state index is 4.45. The predicted molar refractivity (Wildman–Crippen MR) is 119 cm³/mol. The zero-order valence-electron chi connectivity index (χ0n) is 15.5. The van der Waals surface area contributed by atoms with Crippen LogP contribution in [0.1, 0.15) is 23.6 Å². The van der Waals surface area contributed by atoms with Crippen molar-refractivity contribution in [3.63, 3.8) is 0 Å². The van der Waals surface area contributed by atoms with E-state index in [2.05, 4.69) is 116 Å². The van der Waals surface area contributed by atoms with Crippen LogP contribution in [0, 0.1) is 20.8 Å². The fourth-order valence-electron chi connectivity index (χ4n) is 3.75. The van der Waals surface area contributed by atoms with E-state index < -0.39 is 5.31 Å². The van der Waals surface area contributed by atoms with Crippen LogP contribution in [0.2, 0.25) is 0 Å². The first kappa shape index (κ1) is 18.4. The SMILES string of the molecule is CCP(Br)(c1cccc(C)c1)(c1cccc(C)c1)c1cccc(C)c1. The topological polar surface area (TPSA) is 0 Å². The minimum atomic E-state index is -2.69. The van der Waals surface area contributed by atoms with Gasteiger partial charge in [0, 0.05) is 0 Å². The second kappa shape index (κ2) is 6.71. The van der Waals surface area contributed by atoms with Crippen molar-refractivity contribution in [2.75, 3.05) is 6.16 Å². The van der Waals surface area contributed by atoms with Gasteiger partial charge in [-0.25, -0.2) is 0 Å². The van der Waals surface area contributed by atoms with Gasteiger partial charge in [-0.2, -0.15) is 0 Å². The normalized spacial score (nSPS) is 13.2. The van der Waals surface area contributed by atoms with Gasteiger partial charge in [-0.3, -0.25) is 0 Å². The molecule has 0 aliphatic rings. The van der Waals surface area contributed by atoms with Gasteiger partial charge in [-0.15, -0.1) is 0 Å². The van der Waals surface area contributed by atoms with Crippen LogP contribution < -0.4 is 15.9 Å². The number of rotatable bonds is 4. The molecule has 0 atom stereocenters. The molecular formula is C23H26BrP. The van der Waals surface area contributed by atoms with Gasteiger partial charge in [-0.05, 0) is 0 Å². The van der Waals surface area contributed by atoms with Crippen molar-refractivity contribution in [2.45, 2.75) is 27.7 Å². The first-order valence-corrected chi connectivity index (χ1v) is 13.3. The van der Waals surface area contributed by atoms with Crippen molar-refractivity contribution in [3.8, 4) is 0 Å². The number of benzene rings is 3. The summed E-state index contributed by atoms with van der Waals surface area (Å²) in [6, 6.07) is 27.1. The Labute approximate surface area is 160 Å². The number of hydrogen-bond donors (Lipinski definition) is 0. The first-order chi connectivity index (χ1) is 11.9. The molecule has 3 rings (SSSR count). The minimum absolute atomic E-state index is 1.04. The Morgan fingerprint density at radius 1 is 0.640 bits per heavy atom. The molecule has 25 heavy (non-hydrogen) atoms. The predicted octanol–water partition coefficient (Wildman–Crippen LogP) is 5.77. The molecule has 130 valence electrons. The van der Waals surface area contributed by atoms with E-state index in [1.54, 1.807) is 0 Å². The standard InChI is InChI=1S/C23H26BrP/c1-5-25(24,21-12-6-9-18(2)15-21,22-13-7-10-19(3)16-22)23-14-8-11-20(4)17-23/h6-17H,5H2,1-4H3. The Kier molecular flexibility index (Phi) is 4.93. The molecule has 0 nitrogen and oxygen atoms in total. The molecule has 0 fully saturated rings. The van der Waals surface area contributed by atoms with E-state index in [-0.39, 0.29) is 0 Å². The fraction of sp³-hybridized carbons (Fsp3) is 0.217. The summed E-state index contributed by atoms with van der Waals surface area (Å²) in [5.41, 5.74) is 3.92. The molecule has 0 N–H and O–H groups in total. The van der Waals surface area contributed by atoms with Crippen molar-refractivity contribution in [2.24, 2.45) is 0 Å². The van der Waals surface area contributed by atoms with Crippen LogP contribution in [-0.4, -0.2) is 6.16 Å². The molecular weight excluding hydrogens is 387 g/mol. The Morgan fingerprint density at radius 3 is 1.20 bits per heavy atom. The molecule has 3 aromatic rings. The summed E-state index contributed by atoms with van der Waals surface area (Å²) in [6.45, 7) is 8.86. The second-order valence-corrected chi connectivity index (χ2v) is 16.3. The van der Waals surface area contributed by atoms with Gasteiger partial charge < -0.3 is 0 Å². The summed E-state index contributed by atoms with van der Waals surface area (Å²) in [7, 11) is 0. The van der Waals surface area contributed by atoms with E-state index in [1.165, 1.54) is 32.6 Å². The average molecular weight is 413 g/mol. The summed E-state index contributed by atoms with van der Waals surface area (Å²) in [5.74, 6) is 0. The van der Waals surface area contributed by atoms with E-state index in [0.29, 0.717) is 0 Å². The number of hydrogen-bond acceptors (Lipinski definition) is 0. The van der Waals surface area contributed by atoms with Crippen LogP contribution in [-0.2, 0) is 0 Å². The third kappa shape index (κ3) is 2.98. The average Bonchev–Trinajstić information content (AvgIpc) is 2.61. The van der Waals surface area contributed by atoms with Crippen LogP contribution in [0.3, 0.4) is 0 Å². The zero-order valence-corrected chi connectivity index (χ0v) is 17.9. The maximum atomic E-state index is 4.45. The summed E-state index contributed by atoms with van der Waals surface area (Å²) >= 11 is 4.45. The van der Waals surface area contributed by atoms with Gasteiger partial charge in [0.05, 0.1) is 0 Å². The molecule has 0 aliphatic carbocycles. The fourth-order valence-corrected chi connectivity index (χ4v) is 10.3. The van der Waals surface area contributed by atoms with Crippen molar-refractivity contribution in [1.82, 2.24) is 0 Å². The van der Waals surface area contributed by atoms with Crippen molar-refractivity contribution in [1.29, 1.82) is 0 Å². The van der Waals surface area contributed by atoms with Crippen LogP contribution in [0.4, 0.5) is 0 Å². The van der Waals surface area contributed by atoms with Crippen LogP contribution in [0.15, 0.2) is 72.8 Å². The second-order valence-electron chi connectivity index (χ2n) is 7.02. The molecule has 0 radical (unpaired) electrons. The van der Waals surface area contributed by atoms with E-state index in [1.807, 2.05) is 0 Å². The Balaban J connectivity index is 2.46. The van der Waals surface area contributed by atoms with Gasteiger partial charge >= 0.3 is 160 Å².